The average Bonchev–Trinajstić information content (AvgIpc) is 2.58. The first-order valence-corrected chi connectivity index (χ1v) is 8.69. The Morgan fingerprint density at radius 2 is 2.00 bits per heavy atom. The molecule has 0 fully saturated rings. The van der Waals surface area contributed by atoms with Crippen molar-refractivity contribution in [2.24, 2.45) is 0 Å². The number of halogens is 2. The van der Waals surface area contributed by atoms with Gasteiger partial charge in [-0.05, 0) is 49.6 Å². The van der Waals surface area contributed by atoms with Crippen molar-refractivity contribution in [2.45, 2.75) is 33.3 Å². The van der Waals surface area contributed by atoms with Crippen LogP contribution in [0.5, 0.6) is 5.75 Å². The Morgan fingerprint density at radius 1 is 1.31 bits per heavy atom. The quantitative estimate of drug-likeness (QED) is 0.538. The summed E-state index contributed by atoms with van der Waals surface area (Å²) < 4.78 is 5.60. The molecule has 6 nitrogen and oxygen atoms in total. The molecule has 0 aliphatic rings. The van der Waals surface area contributed by atoms with Crippen molar-refractivity contribution in [3.63, 3.8) is 0 Å². The van der Waals surface area contributed by atoms with E-state index in [0.29, 0.717) is 39.0 Å². The Balaban J connectivity index is 2.19. The van der Waals surface area contributed by atoms with Crippen molar-refractivity contribution in [1.82, 2.24) is 0 Å². The number of rotatable bonds is 6. The standard InChI is InChI=1S/C18H18Cl2N2O4/c1-4-12-8-14(22(24)25)7-10(2)17(12)21-18(23)11(3)26-16-6-5-13(19)9-15(16)20/h5-9,11H,4H2,1-3H3,(H,21,23)/t11-/m0/s1. The van der Waals surface area contributed by atoms with Crippen LogP contribution in [-0.4, -0.2) is 16.9 Å². The summed E-state index contributed by atoms with van der Waals surface area (Å²) in [5, 5.41) is 14.6. The maximum absolute atomic E-state index is 12.5. The molecule has 0 spiro atoms. The molecular weight excluding hydrogens is 379 g/mol. The van der Waals surface area contributed by atoms with Gasteiger partial charge in [-0.2, -0.15) is 0 Å². The SMILES string of the molecule is CCc1cc([N+](=O)[O-])cc(C)c1NC(=O)[C@H](C)Oc1ccc(Cl)cc1Cl. The summed E-state index contributed by atoms with van der Waals surface area (Å²) in [4.78, 5) is 23.0. The van der Waals surface area contributed by atoms with Crippen LogP contribution in [0.15, 0.2) is 30.3 Å². The van der Waals surface area contributed by atoms with Crippen molar-refractivity contribution >= 4 is 40.5 Å². The van der Waals surface area contributed by atoms with Gasteiger partial charge in [0.1, 0.15) is 5.75 Å². The third-order valence-electron chi connectivity index (χ3n) is 3.81. The predicted molar refractivity (Wildman–Crippen MR) is 102 cm³/mol. The smallest absolute Gasteiger partial charge is 0.270 e. The maximum Gasteiger partial charge on any atom is 0.270 e. The summed E-state index contributed by atoms with van der Waals surface area (Å²) in [6, 6.07) is 7.62. The zero-order chi connectivity index (χ0) is 19.4. The number of carbonyl (C=O) groups excluding carboxylic acids is 1. The van der Waals surface area contributed by atoms with E-state index in [1.165, 1.54) is 18.2 Å². The highest BCUT2D eigenvalue weighted by atomic mass is 35.5. The van der Waals surface area contributed by atoms with Gasteiger partial charge in [0, 0.05) is 22.8 Å². The maximum atomic E-state index is 12.5. The highest BCUT2D eigenvalue weighted by Gasteiger charge is 2.20. The van der Waals surface area contributed by atoms with Gasteiger partial charge >= 0.3 is 0 Å². The van der Waals surface area contributed by atoms with E-state index in [1.807, 2.05) is 6.92 Å². The highest BCUT2D eigenvalue weighted by molar-refractivity contribution is 6.35. The molecule has 138 valence electrons. The molecule has 2 aromatic rings. The molecule has 0 aromatic heterocycles. The Morgan fingerprint density at radius 3 is 2.58 bits per heavy atom. The second kappa shape index (κ2) is 8.38. The number of nitrogens with zero attached hydrogens (tertiary/aromatic N) is 1. The van der Waals surface area contributed by atoms with Crippen molar-refractivity contribution in [1.29, 1.82) is 0 Å². The van der Waals surface area contributed by atoms with Crippen LogP contribution in [0.3, 0.4) is 0 Å². The fourth-order valence-corrected chi connectivity index (χ4v) is 2.90. The molecule has 2 rings (SSSR count). The second-order valence-corrected chi connectivity index (χ2v) is 6.58. The van der Waals surface area contributed by atoms with Gasteiger partial charge in [0.05, 0.1) is 9.95 Å². The minimum absolute atomic E-state index is 0.00501. The van der Waals surface area contributed by atoms with Crippen LogP contribution in [0, 0.1) is 17.0 Å². The molecule has 2 aromatic carbocycles. The molecule has 0 saturated carbocycles. The second-order valence-electron chi connectivity index (χ2n) is 5.73. The fraction of sp³-hybridized carbons (Fsp3) is 0.278. The van der Waals surface area contributed by atoms with E-state index < -0.39 is 11.0 Å². The molecule has 8 heteroatoms. The Kier molecular flexibility index (Phi) is 6.45. The summed E-state index contributed by atoms with van der Waals surface area (Å²) in [6.07, 6.45) is -0.288. The third-order valence-corrected chi connectivity index (χ3v) is 4.34. The molecule has 0 saturated heterocycles. The van der Waals surface area contributed by atoms with E-state index in [9.17, 15) is 14.9 Å². The summed E-state index contributed by atoms with van der Waals surface area (Å²) in [5.41, 5.74) is 1.85. The Bertz CT molecular complexity index is 855. The van der Waals surface area contributed by atoms with Gasteiger partial charge in [0.25, 0.3) is 11.6 Å². The lowest BCUT2D eigenvalue weighted by molar-refractivity contribution is -0.384. The number of nitro benzene ring substituents is 1. The molecule has 0 bridgehead atoms. The number of hydrogen-bond acceptors (Lipinski definition) is 4. The number of non-ortho nitro benzene ring substituents is 1. The first-order valence-electron chi connectivity index (χ1n) is 7.93. The van der Waals surface area contributed by atoms with E-state index in [-0.39, 0.29) is 11.6 Å². The van der Waals surface area contributed by atoms with Gasteiger partial charge in [0.2, 0.25) is 0 Å². The molecule has 0 unspecified atom stereocenters. The van der Waals surface area contributed by atoms with Gasteiger partial charge in [-0.25, -0.2) is 0 Å². The van der Waals surface area contributed by atoms with Crippen molar-refractivity contribution in [3.05, 3.63) is 61.6 Å². The van der Waals surface area contributed by atoms with Gasteiger partial charge in [0.15, 0.2) is 6.10 Å². The van der Waals surface area contributed by atoms with Gasteiger partial charge in [-0.3, -0.25) is 14.9 Å². The Labute approximate surface area is 161 Å². The number of anilines is 1. The molecule has 0 radical (unpaired) electrons. The highest BCUT2D eigenvalue weighted by Crippen LogP contribution is 2.30. The predicted octanol–water partition coefficient (Wildman–Crippen LogP) is 5.18. The van der Waals surface area contributed by atoms with Crippen molar-refractivity contribution in [3.8, 4) is 5.75 Å². The minimum Gasteiger partial charge on any atom is -0.479 e. The lowest BCUT2D eigenvalue weighted by atomic mass is 10.0. The van der Waals surface area contributed by atoms with Gasteiger partial charge < -0.3 is 10.1 Å². The molecule has 0 aliphatic heterocycles. The van der Waals surface area contributed by atoms with E-state index in [1.54, 1.807) is 26.0 Å². The number of nitro groups is 1. The van der Waals surface area contributed by atoms with Crippen LogP contribution in [0.2, 0.25) is 10.0 Å². The number of amides is 1. The summed E-state index contributed by atoms with van der Waals surface area (Å²) in [6.45, 7) is 5.16. The topological polar surface area (TPSA) is 81.5 Å². The molecular formula is C18H18Cl2N2O4. The number of aryl methyl sites for hydroxylation is 2. The van der Waals surface area contributed by atoms with Crippen molar-refractivity contribution < 1.29 is 14.5 Å². The summed E-state index contributed by atoms with van der Waals surface area (Å²) in [7, 11) is 0. The number of benzene rings is 2. The number of carbonyl (C=O) groups is 1. The number of hydrogen-bond donors (Lipinski definition) is 1. The van der Waals surface area contributed by atoms with Gasteiger partial charge in [-0.15, -0.1) is 0 Å². The van der Waals surface area contributed by atoms with Crippen LogP contribution in [0.1, 0.15) is 25.0 Å². The van der Waals surface area contributed by atoms with Gasteiger partial charge in [-0.1, -0.05) is 30.1 Å². The minimum atomic E-state index is -0.826. The zero-order valence-electron chi connectivity index (χ0n) is 14.5. The first-order chi connectivity index (χ1) is 12.2. The molecule has 0 aliphatic carbocycles. The molecule has 26 heavy (non-hydrogen) atoms. The van der Waals surface area contributed by atoms with Crippen LogP contribution in [0.25, 0.3) is 0 Å². The molecule has 1 atom stereocenters. The monoisotopic (exact) mass is 396 g/mol. The molecule has 0 heterocycles. The number of nitrogens with one attached hydrogen (secondary N) is 1. The first kappa shape index (κ1) is 20.0. The Hall–Kier alpha value is -2.31. The molecule has 1 N–H and O–H groups in total. The normalized spacial score (nSPS) is 11.7. The van der Waals surface area contributed by atoms with E-state index in [2.05, 4.69) is 5.32 Å². The van der Waals surface area contributed by atoms with E-state index >= 15 is 0 Å². The third kappa shape index (κ3) is 4.65. The molecule has 1 amide bonds. The van der Waals surface area contributed by atoms with Crippen LogP contribution in [-0.2, 0) is 11.2 Å². The zero-order valence-corrected chi connectivity index (χ0v) is 16.0. The van der Waals surface area contributed by atoms with E-state index in [0.717, 1.165) is 0 Å². The van der Waals surface area contributed by atoms with Crippen LogP contribution < -0.4 is 10.1 Å². The average molecular weight is 397 g/mol. The summed E-state index contributed by atoms with van der Waals surface area (Å²) >= 11 is 11.9. The lowest BCUT2D eigenvalue weighted by Gasteiger charge is -2.18. The van der Waals surface area contributed by atoms with Crippen LogP contribution >= 0.6 is 23.2 Å². The number of ether oxygens (including phenoxy) is 1. The lowest BCUT2D eigenvalue weighted by Crippen LogP contribution is -2.31. The van der Waals surface area contributed by atoms with E-state index in [4.69, 9.17) is 27.9 Å². The largest absolute Gasteiger partial charge is 0.479 e. The fourth-order valence-electron chi connectivity index (χ4n) is 2.44. The van der Waals surface area contributed by atoms with Crippen molar-refractivity contribution in [2.75, 3.05) is 5.32 Å². The summed E-state index contributed by atoms with van der Waals surface area (Å²) in [5.74, 6) is -0.0440. The van der Waals surface area contributed by atoms with Crippen LogP contribution in [0.4, 0.5) is 11.4 Å².